The summed E-state index contributed by atoms with van der Waals surface area (Å²) in [5.41, 5.74) is 5.44. The maximum atomic E-state index is 13.4. The fourth-order valence-electron chi connectivity index (χ4n) is 4.54. The van der Waals surface area contributed by atoms with Crippen molar-refractivity contribution in [3.8, 4) is 0 Å². The third-order valence-electron chi connectivity index (χ3n) is 6.61. The number of amides is 1. The van der Waals surface area contributed by atoms with Crippen LogP contribution < -0.4 is 10.7 Å². The van der Waals surface area contributed by atoms with Gasteiger partial charge in [-0.05, 0) is 31.7 Å². The molecule has 10 nitrogen and oxygen atoms in total. The van der Waals surface area contributed by atoms with Crippen LogP contribution in [0.25, 0.3) is 0 Å². The number of benzene rings is 2. The Hall–Kier alpha value is -4.43. The zero-order valence-corrected chi connectivity index (χ0v) is 24.6. The lowest BCUT2D eigenvalue weighted by Crippen LogP contribution is -2.34. The van der Waals surface area contributed by atoms with Crippen LogP contribution in [0.1, 0.15) is 60.8 Å². The molecule has 3 aromatic rings. The molecular formula is C30H34F4N6O4. The number of fused-ring (bicyclic) bond motifs is 1. The van der Waals surface area contributed by atoms with Gasteiger partial charge in [0.05, 0.1) is 23.6 Å². The number of alkyl halides is 3. The second kappa shape index (κ2) is 15.9. The molecule has 0 atom stereocenters. The van der Waals surface area contributed by atoms with Crippen LogP contribution >= 0.6 is 0 Å². The first-order valence-corrected chi connectivity index (χ1v) is 13.8. The lowest BCUT2D eigenvalue weighted by molar-refractivity contribution is -0.147. The van der Waals surface area contributed by atoms with E-state index in [1.54, 1.807) is 38.4 Å². The average Bonchev–Trinajstić information content (AvgIpc) is 3.40. The number of carbonyl (C=O) groups is 3. The summed E-state index contributed by atoms with van der Waals surface area (Å²) < 4.78 is 58.7. The Morgan fingerprint density at radius 3 is 2.50 bits per heavy atom. The van der Waals surface area contributed by atoms with Crippen molar-refractivity contribution >= 4 is 24.2 Å². The Morgan fingerprint density at radius 2 is 1.84 bits per heavy atom. The lowest BCUT2D eigenvalue weighted by Gasteiger charge is -2.25. The first-order chi connectivity index (χ1) is 21.0. The third kappa shape index (κ3) is 8.80. The number of hydrogen-bond acceptors (Lipinski definition) is 8. The lowest BCUT2D eigenvalue weighted by atomic mass is 9.97. The summed E-state index contributed by atoms with van der Waals surface area (Å²) in [5.74, 6) is -2.17. The van der Waals surface area contributed by atoms with Crippen LogP contribution in [-0.2, 0) is 30.4 Å². The van der Waals surface area contributed by atoms with Gasteiger partial charge in [0.2, 0.25) is 5.82 Å². The van der Waals surface area contributed by atoms with Gasteiger partial charge in [0.15, 0.2) is 18.3 Å². The SMILES string of the molecule is CCOCCNC(=O)c1nc(C(F)(F)F)n2c1CN(C)CC2.CN/N=C(/Cc1ccc(F)c(C=O)c1)c1ccccc1C=O. The second-order valence-corrected chi connectivity index (χ2v) is 9.71. The van der Waals surface area contributed by atoms with Crippen molar-refractivity contribution in [1.82, 2.24) is 25.2 Å². The Morgan fingerprint density at radius 1 is 1.11 bits per heavy atom. The summed E-state index contributed by atoms with van der Waals surface area (Å²) in [6, 6.07) is 11.4. The van der Waals surface area contributed by atoms with E-state index in [0.29, 0.717) is 55.0 Å². The standard InChI is InChI=1S/C17H15FN2O2.C13H19F3N4O2/c1-19-20-17(15-5-3-2-4-13(15)10-21)9-12-6-7-16(18)14(8-12)11-22;1-3-22-7-4-17-11(21)10-9-8-19(2)5-6-20(9)12(18-10)13(14,15)16/h2-8,10-11,19H,9H2,1H3;3-8H2,1-2H3,(H,17,21)/b20-17-;. The topological polar surface area (TPSA) is 118 Å². The van der Waals surface area contributed by atoms with Crippen molar-refractivity contribution in [2.75, 3.05) is 40.4 Å². The Kier molecular flexibility index (Phi) is 12.3. The molecule has 0 radical (unpaired) electrons. The molecule has 236 valence electrons. The minimum absolute atomic E-state index is 0.00461. The van der Waals surface area contributed by atoms with Crippen LogP contribution in [0, 0.1) is 5.82 Å². The molecule has 1 aromatic heterocycles. The monoisotopic (exact) mass is 618 g/mol. The number of nitrogens with zero attached hydrogens (tertiary/aromatic N) is 4. The van der Waals surface area contributed by atoms with E-state index in [-0.39, 0.29) is 30.9 Å². The van der Waals surface area contributed by atoms with E-state index in [4.69, 9.17) is 4.74 Å². The number of nitrogens with one attached hydrogen (secondary N) is 2. The molecule has 1 amide bonds. The molecule has 0 fully saturated rings. The van der Waals surface area contributed by atoms with E-state index in [9.17, 15) is 31.9 Å². The first kappa shape index (κ1) is 34.1. The summed E-state index contributed by atoms with van der Waals surface area (Å²) in [5, 5.41) is 6.74. The number of ether oxygens (including phenoxy) is 1. The summed E-state index contributed by atoms with van der Waals surface area (Å²) in [7, 11) is 3.45. The molecule has 2 heterocycles. The highest BCUT2D eigenvalue weighted by molar-refractivity contribution is 6.07. The molecule has 1 aliphatic heterocycles. The van der Waals surface area contributed by atoms with Crippen LogP contribution in [0.2, 0.25) is 0 Å². The molecule has 2 aromatic carbocycles. The normalized spacial score (nSPS) is 13.4. The quantitative estimate of drug-likeness (QED) is 0.111. The Balaban J connectivity index is 0.000000240. The molecule has 14 heteroatoms. The molecule has 0 saturated heterocycles. The van der Waals surface area contributed by atoms with E-state index >= 15 is 0 Å². The van der Waals surface area contributed by atoms with Crippen molar-refractivity contribution in [1.29, 1.82) is 0 Å². The Labute approximate surface area is 252 Å². The number of rotatable bonds is 11. The van der Waals surface area contributed by atoms with E-state index in [1.807, 2.05) is 17.9 Å². The number of imidazole rings is 1. The summed E-state index contributed by atoms with van der Waals surface area (Å²) in [6.07, 6.45) is -2.96. The van der Waals surface area contributed by atoms with Crippen LogP contribution in [0.15, 0.2) is 47.6 Å². The van der Waals surface area contributed by atoms with Gasteiger partial charge in [-0.1, -0.05) is 30.3 Å². The highest BCUT2D eigenvalue weighted by Crippen LogP contribution is 2.32. The smallest absolute Gasteiger partial charge is 0.380 e. The van der Waals surface area contributed by atoms with Gasteiger partial charge in [-0.3, -0.25) is 19.3 Å². The molecule has 2 N–H and O–H groups in total. The molecule has 4 rings (SSSR count). The molecule has 0 saturated carbocycles. The largest absolute Gasteiger partial charge is 0.449 e. The summed E-state index contributed by atoms with van der Waals surface area (Å²) in [6.45, 7) is 3.79. The number of hydrogen-bond donors (Lipinski definition) is 2. The highest BCUT2D eigenvalue weighted by atomic mass is 19.4. The molecule has 1 aliphatic rings. The summed E-state index contributed by atoms with van der Waals surface area (Å²) in [4.78, 5) is 39.5. The molecule has 0 aliphatic carbocycles. The van der Waals surface area contributed by atoms with Gasteiger partial charge in [-0.25, -0.2) is 9.37 Å². The third-order valence-corrected chi connectivity index (χ3v) is 6.61. The Bertz CT molecular complexity index is 1490. The van der Waals surface area contributed by atoms with Crippen molar-refractivity contribution in [2.24, 2.45) is 5.10 Å². The number of aromatic nitrogens is 2. The van der Waals surface area contributed by atoms with Gasteiger partial charge in [0.25, 0.3) is 5.91 Å². The van der Waals surface area contributed by atoms with Crippen molar-refractivity contribution in [3.05, 3.63) is 87.7 Å². The fraction of sp³-hybridized carbons (Fsp3) is 0.367. The zero-order chi connectivity index (χ0) is 32.3. The molecule has 0 spiro atoms. The maximum absolute atomic E-state index is 13.4. The van der Waals surface area contributed by atoms with Crippen molar-refractivity contribution in [2.45, 2.75) is 32.6 Å². The number of carbonyl (C=O) groups excluding carboxylic acids is 3. The molecule has 44 heavy (non-hydrogen) atoms. The fourth-order valence-corrected chi connectivity index (χ4v) is 4.54. The van der Waals surface area contributed by atoms with E-state index in [0.717, 1.165) is 16.4 Å². The van der Waals surface area contributed by atoms with Gasteiger partial charge in [0, 0.05) is 57.4 Å². The first-order valence-electron chi connectivity index (χ1n) is 13.8. The number of likely N-dealkylation sites (N-methyl/N-ethyl adjacent to an activating group) is 1. The minimum Gasteiger partial charge on any atom is -0.380 e. The van der Waals surface area contributed by atoms with Crippen LogP contribution in [0.3, 0.4) is 0 Å². The van der Waals surface area contributed by atoms with E-state index in [1.165, 1.54) is 12.1 Å². The number of aldehydes is 2. The average molecular weight is 619 g/mol. The van der Waals surface area contributed by atoms with Gasteiger partial charge >= 0.3 is 6.18 Å². The van der Waals surface area contributed by atoms with Crippen LogP contribution in [0.4, 0.5) is 17.6 Å². The van der Waals surface area contributed by atoms with Crippen LogP contribution in [0.5, 0.6) is 0 Å². The minimum atomic E-state index is -4.57. The predicted octanol–water partition coefficient (Wildman–Crippen LogP) is 3.73. The van der Waals surface area contributed by atoms with E-state index in [2.05, 4.69) is 20.8 Å². The van der Waals surface area contributed by atoms with E-state index < -0.39 is 23.7 Å². The van der Waals surface area contributed by atoms with Crippen molar-refractivity contribution < 1.29 is 36.7 Å². The molecule has 0 bridgehead atoms. The maximum Gasteiger partial charge on any atom is 0.449 e. The zero-order valence-electron chi connectivity index (χ0n) is 24.6. The van der Waals surface area contributed by atoms with Gasteiger partial charge in [-0.15, -0.1) is 0 Å². The van der Waals surface area contributed by atoms with Crippen LogP contribution in [-0.4, -0.2) is 79.0 Å². The predicted molar refractivity (Wildman–Crippen MR) is 155 cm³/mol. The number of halogens is 4. The van der Waals surface area contributed by atoms with Gasteiger partial charge < -0.3 is 20.0 Å². The van der Waals surface area contributed by atoms with Crippen molar-refractivity contribution in [3.63, 3.8) is 0 Å². The van der Waals surface area contributed by atoms with Gasteiger partial charge in [-0.2, -0.15) is 18.3 Å². The van der Waals surface area contributed by atoms with Gasteiger partial charge in [0.1, 0.15) is 5.82 Å². The molecular weight excluding hydrogens is 584 g/mol. The summed E-state index contributed by atoms with van der Waals surface area (Å²) >= 11 is 0. The molecule has 0 unspecified atom stereocenters. The number of hydrazone groups is 1. The second-order valence-electron chi connectivity index (χ2n) is 9.71. The highest BCUT2D eigenvalue weighted by Gasteiger charge is 2.40.